The summed E-state index contributed by atoms with van der Waals surface area (Å²) in [6.45, 7) is 5.70. The second-order valence-corrected chi connectivity index (χ2v) is 8.58. The fraction of sp³-hybridized carbons (Fsp3) is 0.636. The van der Waals surface area contributed by atoms with Crippen molar-refractivity contribution in [3.05, 3.63) is 35.6 Å². The summed E-state index contributed by atoms with van der Waals surface area (Å²) in [5.41, 5.74) is 0.712. The molecule has 0 bridgehead atoms. The van der Waals surface area contributed by atoms with Crippen LogP contribution in [0, 0.1) is 11.7 Å². The van der Waals surface area contributed by atoms with Gasteiger partial charge in [-0.3, -0.25) is 19.4 Å². The summed E-state index contributed by atoms with van der Waals surface area (Å²) < 4.78 is 13.8. The molecule has 3 aliphatic rings. The van der Waals surface area contributed by atoms with Crippen LogP contribution in [-0.2, 0) is 16.1 Å². The maximum absolute atomic E-state index is 13.8. The van der Waals surface area contributed by atoms with Crippen molar-refractivity contribution in [3.8, 4) is 0 Å². The fourth-order valence-electron chi connectivity index (χ4n) is 4.21. The second-order valence-electron chi connectivity index (χ2n) is 8.58. The third-order valence-electron chi connectivity index (χ3n) is 6.32. The Morgan fingerprint density at radius 2 is 1.62 bits per heavy atom. The minimum atomic E-state index is -0.164. The normalized spacial score (nSPS) is 21.9. The zero-order chi connectivity index (χ0) is 20.2. The number of piperazine rings is 1. The van der Waals surface area contributed by atoms with Gasteiger partial charge < -0.3 is 10.2 Å². The number of carbonyl (C=O) groups excluding carboxylic acids is 2. The van der Waals surface area contributed by atoms with Crippen LogP contribution in [0.25, 0.3) is 0 Å². The van der Waals surface area contributed by atoms with E-state index >= 15 is 0 Å². The van der Waals surface area contributed by atoms with E-state index in [1.807, 2.05) is 17.0 Å². The first-order valence-corrected chi connectivity index (χ1v) is 10.8. The van der Waals surface area contributed by atoms with Gasteiger partial charge in [0.25, 0.3) is 0 Å². The number of halogens is 1. The standard InChI is InChI=1S/C22H31FN4O2/c23-20-4-2-1-3-18(20)15-26-11-13-27(14-12-26)21(28)16-25-9-7-19(8-10-25)24-22(29)17-5-6-17/h1-4,17,19H,5-16H2,(H,24,29). The maximum Gasteiger partial charge on any atom is 0.236 e. The third-order valence-corrected chi connectivity index (χ3v) is 6.32. The fourth-order valence-corrected chi connectivity index (χ4v) is 4.21. The molecule has 2 heterocycles. The number of hydrogen-bond donors (Lipinski definition) is 1. The summed E-state index contributed by atoms with van der Waals surface area (Å²) in [6.07, 6.45) is 3.91. The molecule has 1 saturated carbocycles. The van der Waals surface area contributed by atoms with Crippen LogP contribution in [0.15, 0.2) is 24.3 Å². The predicted molar refractivity (Wildman–Crippen MR) is 109 cm³/mol. The Morgan fingerprint density at radius 3 is 2.28 bits per heavy atom. The lowest BCUT2D eigenvalue weighted by Gasteiger charge is -2.37. The largest absolute Gasteiger partial charge is 0.353 e. The van der Waals surface area contributed by atoms with Gasteiger partial charge in [0.1, 0.15) is 5.82 Å². The summed E-state index contributed by atoms with van der Waals surface area (Å²) in [6, 6.07) is 7.15. The van der Waals surface area contributed by atoms with Gasteiger partial charge in [-0.05, 0) is 31.7 Å². The molecule has 2 amide bonds. The Labute approximate surface area is 172 Å². The molecule has 2 aliphatic heterocycles. The van der Waals surface area contributed by atoms with Gasteiger partial charge in [-0.25, -0.2) is 4.39 Å². The van der Waals surface area contributed by atoms with Crippen LogP contribution in [0.4, 0.5) is 4.39 Å². The van der Waals surface area contributed by atoms with Gasteiger partial charge in [-0.1, -0.05) is 18.2 Å². The van der Waals surface area contributed by atoms with Crippen LogP contribution in [0.3, 0.4) is 0 Å². The van der Waals surface area contributed by atoms with Crippen LogP contribution in [0.1, 0.15) is 31.2 Å². The first-order chi connectivity index (χ1) is 14.1. The van der Waals surface area contributed by atoms with Crippen molar-refractivity contribution in [3.63, 3.8) is 0 Å². The van der Waals surface area contributed by atoms with Crippen molar-refractivity contribution in [2.75, 3.05) is 45.8 Å². The second kappa shape index (κ2) is 9.22. The summed E-state index contributed by atoms with van der Waals surface area (Å²) in [5.74, 6) is 0.484. The van der Waals surface area contributed by atoms with E-state index < -0.39 is 0 Å². The summed E-state index contributed by atoms with van der Waals surface area (Å²) in [5, 5.41) is 3.15. The number of amides is 2. The monoisotopic (exact) mass is 402 g/mol. The summed E-state index contributed by atoms with van der Waals surface area (Å²) in [7, 11) is 0. The van der Waals surface area contributed by atoms with Crippen molar-refractivity contribution in [1.29, 1.82) is 0 Å². The highest BCUT2D eigenvalue weighted by atomic mass is 19.1. The number of likely N-dealkylation sites (tertiary alicyclic amines) is 1. The van der Waals surface area contributed by atoms with E-state index in [4.69, 9.17) is 0 Å². The average Bonchev–Trinajstić information content (AvgIpc) is 3.57. The van der Waals surface area contributed by atoms with Crippen molar-refractivity contribution in [2.24, 2.45) is 5.92 Å². The number of nitrogens with zero attached hydrogens (tertiary/aromatic N) is 3. The molecule has 1 aromatic rings. The molecule has 2 saturated heterocycles. The van der Waals surface area contributed by atoms with E-state index in [0.29, 0.717) is 31.7 Å². The first kappa shape index (κ1) is 20.3. The number of hydrogen-bond acceptors (Lipinski definition) is 4. The Bertz CT molecular complexity index is 723. The molecule has 3 fully saturated rings. The molecule has 29 heavy (non-hydrogen) atoms. The zero-order valence-corrected chi connectivity index (χ0v) is 17.0. The van der Waals surface area contributed by atoms with E-state index in [0.717, 1.165) is 51.9 Å². The van der Waals surface area contributed by atoms with Crippen LogP contribution in [0.5, 0.6) is 0 Å². The number of benzene rings is 1. The Hall–Kier alpha value is -1.99. The molecule has 158 valence electrons. The topological polar surface area (TPSA) is 55.9 Å². The quantitative estimate of drug-likeness (QED) is 0.783. The van der Waals surface area contributed by atoms with Crippen LogP contribution in [0.2, 0.25) is 0 Å². The third kappa shape index (κ3) is 5.54. The molecule has 1 aliphatic carbocycles. The molecule has 6 nitrogen and oxygen atoms in total. The molecule has 0 spiro atoms. The number of carbonyl (C=O) groups is 2. The molecule has 0 radical (unpaired) electrons. The van der Waals surface area contributed by atoms with E-state index in [9.17, 15) is 14.0 Å². The molecular weight excluding hydrogens is 371 g/mol. The summed E-state index contributed by atoms with van der Waals surface area (Å²) in [4.78, 5) is 30.9. The van der Waals surface area contributed by atoms with E-state index in [1.54, 1.807) is 6.07 Å². The maximum atomic E-state index is 13.8. The van der Waals surface area contributed by atoms with Crippen LogP contribution >= 0.6 is 0 Å². The van der Waals surface area contributed by atoms with Gasteiger partial charge in [0.15, 0.2) is 0 Å². The molecular formula is C22H31FN4O2. The van der Waals surface area contributed by atoms with E-state index in [2.05, 4.69) is 15.1 Å². The van der Waals surface area contributed by atoms with Crippen molar-refractivity contribution in [2.45, 2.75) is 38.3 Å². The molecule has 4 rings (SSSR count). The first-order valence-electron chi connectivity index (χ1n) is 10.8. The van der Waals surface area contributed by atoms with E-state index in [1.165, 1.54) is 6.07 Å². The van der Waals surface area contributed by atoms with E-state index in [-0.39, 0.29) is 29.6 Å². The highest BCUT2D eigenvalue weighted by Crippen LogP contribution is 2.29. The molecule has 1 N–H and O–H groups in total. The lowest BCUT2D eigenvalue weighted by atomic mass is 10.0. The minimum Gasteiger partial charge on any atom is -0.353 e. The van der Waals surface area contributed by atoms with Crippen LogP contribution < -0.4 is 5.32 Å². The Kier molecular flexibility index (Phi) is 6.45. The smallest absolute Gasteiger partial charge is 0.236 e. The van der Waals surface area contributed by atoms with Gasteiger partial charge in [-0.15, -0.1) is 0 Å². The van der Waals surface area contributed by atoms with Gasteiger partial charge in [0, 0.05) is 63.3 Å². The van der Waals surface area contributed by atoms with Gasteiger partial charge >= 0.3 is 0 Å². The Balaban J connectivity index is 1.16. The molecule has 7 heteroatoms. The minimum absolute atomic E-state index is 0.164. The molecule has 1 aromatic carbocycles. The SMILES string of the molecule is O=C(NC1CCN(CC(=O)N2CCN(Cc3ccccc3F)CC2)CC1)C1CC1. The zero-order valence-electron chi connectivity index (χ0n) is 17.0. The lowest BCUT2D eigenvalue weighted by Crippen LogP contribution is -2.52. The van der Waals surface area contributed by atoms with Crippen molar-refractivity contribution in [1.82, 2.24) is 20.0 Å². The molecule has 0 aromatic heterocycles. The molecule has 0 unspecified atom stereocenters. The summed E-state index contributed by atoms with van der Waals surface area (Å²) >= 11 is 0. The number of rotatable bonds is 6. The van der Waals surface area contributed by atoms with Crippen LogP contribution in [-0.4, -0.2) is 78.4 Å². The lowest BCUT2D eigenvalue weighted by molar-refractivity contribution is -0.134. The Morgan fingerprint density at radius 1 is 0.931 bits per heavy atom. The van der Waals surface area contributed by atoms with Crippen molar-refractivity contribution < 1.29 is 14.0 Å². The van der Waals surface area contributed by atoms with Crippen molar-refractivity contribution >= 4 is 11.8 Å². The average molecular weight is 403 g/mol. The predicted octanol–water partition coefficient (Wildman–Crippen LogP) is 1.46. The van der Waals surface area contributed by atoms with Gasteiger partial charge in [0.05, 0.1) is 6.54 Å². The highest BCUT2D eigenvalue weighted by Gasteiger charge is 2.32. The number of nitrogens with one attached hydrogen (secondary N) is 1. The highest BCUT2D eigenvalue weighted by molar-refractivity contribution is 5.81. The number of piperidine rings is 1. The molecule has 0 atom stereocenters. The van der Waals surface area contributed by atoms with Gasteiger partial charge in [0.2, 0.25) is 11.8 Å². The van der Waals surface area contributed by atoms with Gasteiger partial charge in [-0.2, -0.15) is 0 Å².